The van der Waals surface area contributed by atoms with Crippen LogP contribution in [-0.4, -0.2) is 4.98 Å². The van der Waals surface area contributed by atoms with Gasteiger partial charge in [-0.1, -0.05) is 46.4 Å². The van der Waals surface area contributed by atoms with Gasteiger partial charge in [-0.3, -0.25) is 0 Å². The highest BCUT2D eigenvalue weighted by atomic mass is 35.5. The highest BCUT2D eigenvalue weighted by molar-refractivity contribution is 6.45. The molecule has 0 saturated heterocycles. The summed E-state index contributed by atoms with van der Waals surface area (Å²) >= 11 is 24.2. The Labute approximate surface area is 130 Å². The summed E-state index contributed by atoms with van der Waals surface area (Å²) in [5.41, 5.74) is 1.83. The van der Waals surface area contributed by atoms with E-state index < -0.39 is 0 Å². The maximum atomic E-state index is 8.62. The molecule has 6 heteroatoms. The van der Waals surface area contributed by atoms with Gasteiger partial charge in [-0.25, -0.2) is 4.98 Å². The van der Waals surface area contributed by atoms with Gasteiger partial charge in [0, 0.05) is 16.1 Å². The zero-order valence-electron chi connectivity index (χ0n) is 9.42. The Morgan fingerprint density at radius 1 is 1.05 bits per heavy atom. The van der Waals surface area contributed by atoms with Crippen molar-refractivity contribution in [2.24, 2.45) is 0 Å². The van der Waals surface area contributed by atoms with Crippen LogP contribution in [-0.2, 0) is 6.42 Å². The van der Waals surface area contributed by atoms with Gasteiger partial charge in [0.25, 0.3) is 0 Å². The van der Waals surface area contributed by atoms with Gasteiger partial charge in [-0.2, -0.15) is 5.26 Å². The average Bonchev–Trinajstić information content (AvgIpc) is 2.35. The molecule has 0 aliphatic heterocycles. The van der Waals surface area contributed by atoms with E-state index in [0.29, 0.717) is 31.9 Å². The summed E-state index contributed by atoms with van der Waals surface area (Å²) in [5, 5.41) is 10.1. The van der Waals surface area contributed by atoms with Crippen LogP contribution in [0.1, 0.15) is 5.69 Å². The summed E-state index contributed by atoms with van der Waals surface area (Å²) < 4.78 is 0. The number of halogens is 4. The Bertz CT molecular complexity index is 677. The monoisotopic (exact) mass is 330 g/mol. The van der Waals surface area contributed by atoms with Crippen LogP contribution in [0.4, 0.5) is 0 Å². The van der Waals surface area contributed by atoms with Crippen LogP contribution in [0.25, 0.3) is 11.1 Å². The van der Waals surface area contributed by atoms with Gasteiger partial charge in [0.05, 0.1) is 28.2 Å². The Hall–Kier alpha value is -0.980. The van der Waals surface area contributed by atoms with Crippen molar-refractivity contribution < 1.29 is 0 Å². The molecule has 1 aromatic carbocycles. The molecule has 0 radical (unpaired) electrons. The molecule has 0 fully saturated rings. The van der Waals surface area contributed by atoms with Gasteiger partial charge < -0.3 is 0 Å². The second kappa shape index (κ2) is 5.98. The predicted octanol–water partition coefficient (Wildman–Crippen LogP) is 5.43. The molecule has 2 rings (SSSR count). The number of rotatable bonds is 2. The molecule has 1 heterocycles. The Balaban J connectivity index is 2.57. The molecule has 2 nitrogen and oxygen atoms in total. The predicted molar refractivity (Wildman–Crippen MR) is 79.0 cm³/mol. The summed E-state index contributed by atoms with van der Waals surface area (Å²) in [6, 6.07) is 8.70. The largest absolute Gasteiger partial charge is 0.239 e. The average molecular weight is 332 g/mol. The van der Waals surface area contributed by atoms with E-state index in [-0.39, 0.29) is 11.6 Å². The quantitative estimate of drug-likeness (QED) is 0.543. The van der Waals surface area contributed by atoms with Crippen LogP contribution >= 0.6 is 46.4 Å². The van der Waals surface area contributed by atoms with E-state index >= 15 is 0 Å². The summed E-state index contributed by atoms with van der Waals surface area (Å²) in [7, 11) is 0. The molecule has 0 unspecified atom stereocenters. The summed E-state index contributed by atoms with van der Waals surface area (Å²) in [4.78, 5) is 4.14. The molecule has 0 amide bonds. The van der Waals surface area contributed by atoms with E-state index in [4.69, 9.17) is 51.7 Å². The third kappa shape index (κ3) is 3.13. The fourth-order valence-corrected chi connectivity index (χ4v) is 2.58. The Morgan fingerprint density at radius 3 is 2.42 bits per heavy atom. The molecule has 0 aliphatic carbocycles. The van der Waals surface area contributed by atoms with Gasteiger partial charge >= 0.3 is 0 Å². The third-order valence-electron chi connectivity index (χ3n) is 2.45. The first-order valence-electron chi connectivity index (χ1n) is 5.20. The number of nitriles is 1. The standard InChI is InChI=1S/C13H6Cl4N2/c14-7-5-10(12(16)11(15)6-7)9-2-1-8(3-4-18)19-13(9)17/h1-2,5-6H,3H2. The molecule has 0 N–H and O–H groups in total. The zero-order valence-corrected chi connectivity index (χ0v) is 12.4. The van der Waals surface area contributed by atoms with Gasteiger partial charge in [-0.05, 0) is 24.3 Å². The minimum Gasteiger partial charge on any atom is -0.239 e. The molecule has 19 heavy (non-hydrogen) atoms. The van der Waals surface area contributed by atoms with Crippen LogP contribution in [0.15, 0.2) is 24.3 Å². The van der Waals surface area contributed by atoms with E-state index in [2.05, 4.69) is 4.98 Å². The first-order valence-corrected chi connectivity index (χ1v) is 6.71. The van der Waals surface area contributed by atoms with Crippen LogP contribution in [0.2, 0.25) is 20.2 Å². The molecule has 96 valence electrons. The maximum Gasteiger partial charge on any atom is 0.137 e. The Kier molecular flexibility index (Phi) is 4.54. The number of hydrogen-bond acceptors (Lipinski definition) is 2. The molecular weight excluding hydrogens is 326 g/mol. The fraction of sp³-hybridized carbons (Fsp3) is 0.0769. The van der Waals surface area contributed by atoms with E-state index in [1.165, 1.54) is 0 Å². The molecule has 0 spiro atoms. The first kappa shape index (κ1) is 14.4. The van der Waals surface area contributed by atoms with Gasteiger partial charge in [0.1, 0.15) is 5.15 Å². The lowest BCUT2D eigenvalue weighted by atomic mass is 10.1. The lowest BCUT2D eigenvalue weighted by Crippen LogP contribution is -1.91. The molecular formula is C13H6Cl4N2. The normalized spacial score (nSPS) is 10.3. The van der Waals surface area contributed by atoms with E-state index in [0.717, 1.165) is 0 Å². The number of hydrogen-bond donors (Lipinski definition) is 0. The summed E-state index contributed by atoms with van der Waals surface area (Å²) in [6.07, 6.45) is 0.198. The second-order valence-electron chi connectivity index (χ2n) is 3.73. The smallest absolute Gasteiger partial charge is 0.137 e. The van der Waals surface area contributed by atoms with Crippen molar-refractivity contribution in [3.63, 3.8) is 0 Å². The van der Waals surface area contributed by atoms with Crippen molar-refractivity contribution in [2.45, 2.75) is 6.42 Å². The highest BCUT2D eigenvalue weighted by Gasteiger charge is 2.13. The van der Waals surface area contributed by atoms with Crippen molar-refractivity contribution >= 4 is 46.4 Å². The van der Waals surface area contributed by atoms with E-state index in [9.17, 15) is 0 Å². The van der Waals surface area contributed by atoms with Crippen LogP contribution in [0, 0.1) is 11.3 Å². The first-order chi connectivity index (χ1) is 9.02. The minimum absolute atomic E-state index is 0.198. The van der Waals surface area contributed by atoms with Gasteiger partial charge in [0.15, 0.2) is 0 Å². The molecule has 0 atom stereocenters. The number of benzene rings is 1. The lowest BCUT2D eigenvalue weighted by molar-refractivity contribution is 1.12. The number of pyridine rings is 1. The van der Waals surface area contributed by atoms with Crippen molar-refractivity contribution in [1.82, 2.24) is 4.98 Å². The summed E-state index contributed by atoms with van der Waals surface area (Å²) in [6.45, 7) is 0. The Morgan fingerprint density at radius 2 is 1.79 bits per heavy atom. The highest BCUT2D eigenvalue weighted by Crippen LogP contribution is 2.38. The molecule has 0 aliphatic rings. The SMILES string of the molecule is N#CCc1ccc(-c2cc(Cl)cc(Cl)c2Cl)c(Cl)n1. The van der Waals surface area contributed by atoms with Crippen LogP contribution < -0.4 is 0 Å². The number of aromatic nitrogens is 1. The van der Waals surface area contributed by atoms with Crippen LogP contribution in [0.5, 0.6) is 0 Å². The number of nitrogens with zero attached hydrogens (tertiary/aromatic N) is 2. The van der Waals surface area contributed by atoms with Crippen molar-refractivity contribution in [1.29, 1.82) is 5.26 Å². The fourth-order valence-electron chi connectivity index (χ4n) is 1.60. The van der Waals surface area contributed by atoms with Gasteiger partial charge in [0.2, 0.25) is 0 Å². The van der Waals surface area contributed by atoms with Crippen molar-refractivity contribution in [3.05, 3.63) is 50.2 Å². The second-order valence-corrected chi connectivity index (χ2v) is 5.30. The van der Waals surface area contributed by atoms with Crippen LogP contribution in [0.3, 0.4) is 0 Å². The van der Waals surface area contributed by atoms with E-state index in [1.54, 1.807) is 24.3 Å². The molecule has 2 aromatic rings. The molecule has 0 saturated carbocycles. The van der Waals surface area contributed by atoms with Crippen molar-refractivity contribution in [3.8, 4) is 17.2 Å². The van der Waals surface area contributed by atoms with Gasteiger partial charge in [-0.15, -0.1) is 0 Å². The molecule has 1 aromatic heterocycles. The zero-order chi connectivity index (χ0) is 14.0. The lowest BCUT2D eigenvalue weighted by Gasteiger charge is -2.09. The molecule has 0 bridgehead atoms. The third-order valence-corrected chi connectivity index (χ3v) is 3.76. The van der Waals surface area contributed by atoms with Crippen molar-refractivity contribution in [2.75, 3.05) is 0 Å². The topological polar surface area (TPSA) is 36.7 Å². The maximum absolute atomic E-state index is 8.62. The van der Waals surface area contributed by atoms with E-state index in [1.807, 2.05) is 6.07 Å². The summed E-state index contributed by atoms with van der Waals surface area (Å²) in [5.74, 6) is 0. The minimum atomic E-state index is 0.198.